The largest absolute Gasteiger partial charge is 0.497 e. The average molecular weight is 263 g/mol. The van der Waals surface area contributed by atoms with Crippen LogP contribution in [0.15, 0.2) is 35.7 Å². The van der Waals surface area contributed by atoms with Gasteiger partial charge in [-0.15, -0.1) is 11.3 Å². The molecule has 2 aromatic rings. The number of ether oxygens (including phenoxy) is 2. The van der Waals surface area contributed by atoms with E-state index in [0.717, 1.165) is 23.5 Å². The normalized spacial score (nSPS) is 10.3. The van der Waals surface area contributed by atoms with Crippen LogP contribution in [0.1, 0.15) is 10.4 Å². The smallest absolute Gasteiger partial charge is 0.123 e. The van der Waals surface area contributed by atoms with Gasteiger partial charge in [0.1, 0.15) is 18.1 Å². The van der Waals surface area contributed by atoms with Crippen molar-refractivity contribution < 1.29 is 9.47 Å². The zero-order chi connectivity index (χ0) is 12.8. The minimum absolute atomic E-state index is 0.599. The Bertz CT molecular complexity index is 483. The van der Waals surface area contributed by atoms with Gasteiger partial charge in [-0.1, -0.05) is 6.07 Å². The molecule has 0 spiro atoms. The number of rotatable bonds is 6. The third-order valence-corrected chi connectivity index (χ3v) is 3.48. The van der Waals surface area contributed by atoms with E-state index >= 15 is 0 Å². The predicted octanol–water partition coefficient (Wildman–Crippen LogP) is 2.84. The van der Waals surface area contributed by atoms with Crippen LogP contribution >= 0.6 is 11.3 Å². The molecule has 0 saturated carbocycles. The number of hydrogen-bond donors (Lipinski definition) is 1. The first kappa shape index (κ1) is 12.9. The van der Waals surface area contributed by atoms with E-state index in [-0.39, 0.29) is 0 Å². The maximum absolute atomic E-state index is 5.83. The first-order chi connectivity index (χ1) is 8.83. The summed E-state index contributed by atoms with van der Waals surface area (Å²) in [5, 5.41) is 2.05. The maximum Gasteiger partial charge on any atom is 0.123 e. The van der Waals surface area contributed by atoms with E-state index in [1.54, 1.807) is 18.4 Å². The van der Waals surface area contributed by atoms with Gasteiger partial charge in [-0.2, -0.15) is 0 Å². The van der Waals surface area contributed by atoms with Crippen molar-refractivity contribution in [3.05, 3.63) is 46.2 Å². The van der Waals surface area contributed by atoms with Gasteiger partial charge < -0.3 is 15.2 Å². The Kier molecular flexibility index (Phi) is 4.61. The first-order valence-electron chi connectivity index (χ1n) is 5.85. The summed E-state index contributed by atoms with van der Waals surface area (Å²) in [6.07, 6.45) is 0.789. The zero-order valence-electron chi connectivity index (χ0n) is 10.4. The summed E-state index contributed by atoms with van der Waals surface area (Å²) in [5.41, 5.74) is 6.71. The Morgan fingerprint density at radius 3 is 2.83 bits per heavy atom. The topological polar surface area (TPSA) is 44.5 Å². The molecule has 0 aliphatic heterocycles. The van der Waals surface area contributed by atoms with Crippen LogP contribution < -0.4 is 15.2 Å². The van der Waals surface area contributed by atoms with Crippen LogP contribution in [0.25, 0.3) is 0 Å². The Balaban J connectivity index is 2.10. The van der Waals surface area contributed by atoms with E-state index in [9.17, 15) is 0 Å². The van der Waals surface area contributed by atoms with Crippen LogP contribution in [0.4, 0.5) is 0 Å². The van der Waals surface area contributed by atoms with Crippen molar-refractivity contribution in [2.75, 3.05) is 13.7 Å². The summed E-state index contributed by atoms with van der Waals surface area (Å²) in [4.78, 5) is 1.21. The van der Waals surface area contributed by atoms with E-state index in [1.807, 2.05) is 29.6 Å². The first-order valence-corrected chi connectivity index (χ1v) is 6.73. The van der Waals surface area contributed by atoms with E-state index in [1.165, 1.54) is 4.88 Å². The molecule has 2 N–H and O–H groups in total. The van der Waals surface area contributed by atoms with Gasteiger partial charge in [0.15, 0.2) is 0 Å². The van der Waals surface area contributed by atoms with E-state index in [2.05, 4.69) is 6.07 Å². The van der Waals surface area contributed by atoms with Crippen molar-refractivity contribution in [1.29, 1.82) is 0 Å². The molecule has 0 aliphatic carbocycles. The summed E-state index contributed by atoms with van der Waals surface area (Å²) in [7, 11) is 1.66. The fourth-order valence-corrected chi connectivity index (χ4v) is 2.33. The molecule has 0 fully saturated rings. The Hall–Kier alpha value is -1.52. The number of nitrogens with two attached hydrogens (primary N) is 1. The molecule has 0 saturated heterocycles. The van der Waals surface area contributed by atoms with Gasteiger partial charge in [-0.25, -0.2) is 0 Å². The Labute approximate surface area is 111 Å². The summed E-state index contributed by atoms with van der Waals surface area (Å²) in [6.45, 7) is 1.20. The number of thiophene rings is 1. The van der Waals surface area contributed by atoms with Gasteiger partial charge in [0.2, 0.25) is 0 Å². The molecule has 0 unspecified atom stereocenters. The minimum atomic E-state index is 0.599. The van der Waals surface area contributed by atoms with Crippen LogP contribution in [0.5, 0.6) is 11.5 Å². The van der Waals surface area contributed by atoms with Crippen molar-refractivity contribution >= 4 is 11.3 Å². The summed E-state index contributed by atoms with van der Waals surface area (Å²) < 4.78 is 11.0. The zero-order valence-corrected chi connectivity index (χ0v) is 11.2. The predicted molar refractivity (Wildman–Crippen MR) is 74.4 cm³/mol. The highest BCUT2D eigenvalue weighted by molar-refractivity contribution is 7.09. The molecule has 96 valence electrons. The van der Waals surface area contributed by atoms with Crippen molar-refractivity contribution in [2.24, 2.45) is 5.73 Å². The molecule has 0 atom stereocenters. The lowest BCUT2D eigenvalue weighted by Crippen LogP contribution is -2.05. The standard InChI is InChI=1S/C14H17NO2S/c1-16-12-4-5-14(11(9-12)6-7-15)17-10-13-3-2-8-18-13/h2-5,8-9H,6-7,10,15H2,1H3. The lowest BCUT2D eigenvalue weighted by Gasteiger charge is -2.11. The second-order valence-corrected chi connectivity index (χ2v) is 4.91. The molecule has 0 amide bonds. The van der Waals surface area contributed by atoms with Gasteiger partial charge in [-0.3, -0.25) is 0 Å². The molecule has 0 bridgehead atoms. The highest BCUT2D eigenvalue weighted by Gasteiger charge is 2.06. The second-order valence-electron chi connectivity index (χ2n) is 3.88. The molecule has 18 heavy (non-hydrogen) atoms. The van der Waals surface area contributed by atoms with Crippen LogP contribution in [0.2, 0.25) is 0 Å². The summed E-state index contributed by atoms with van der Waals surface area (Å²) >= 11 is 1.69. The van der Waals surface area contributed by atoms with E-state index in [4.69, 9.17) is 15.2 Å². The Morgan fingerprint density at radius 1 is 1.28 bits per heavy atom. The van der Waals surface area contributed by atoms with Crippen LogP contribution in [0.3, 0.4) is 0 Å². The molecule has 3 nitrogen and oxygen atoms in total. The monoisotopic (exact) mass is 263 g/mol. The van der Waals surface area contributed by atoms with Crippen LogP contribution in [0, 0.1) is 0 Å². The average Bonchev–Trinajstić information content (AvgIpc) is 2.90. The highest BCUT2D eigenvalue weighted by Crippen LogP contribution is 2.25. The van der Waals surface area contributed by atoms with Crippen LogP contribution in [-0.4, -0.2) is 13.7 Å². The molecular weight excluding hydrogens is 246 g/mol. The van der Waals surface area contributed by atoms with Crippen LogP contribution in [-0.2, 0) is 13.0 Å². The summed E-state index contributed by atoms with van der Waals surface area (Å²) in [5.74, 6) is 1.72. The molecule has 1 aromatic carbocycles. The number of hydrogen-bond acceptors (Lipinski definition) is 4. The van der Waals surface area contributed by atoms with E-state index in [0.29, 0.717) is 13.2 Å². The van der Waals surface area contributed by atoms with Gasteiger partial charge in [0.05, 0.1) is 7.11 Å². The third-order valence-electron chi connectivity index (χ3n) is 2.63. The molecule has 0 aliphatic rings. The SMILES string of the molecule is COc1ccc(OCc2cccs2)c(CCN)c1. The van der Waals surface area contributed by atoms with Gasteiger partial charge in [-0.05, 0) is 48.2 Å². The quantitative estimate of drug-likeness (QED) is 0.871. The lowest BCUT2D eigenvalue weighted by molar-refractivity contribution is 0.305. The lowest BCUT2D eigenvalue weighted by atomic mass is 10.1. The van der Waals surface area contributed by atoms with Gasteiger partial charge in [0.25, 0.3) is 0 Å². The van der Waals surface area contributed by atoms with Crippen molar-refractivity contribution in [1.82, 2.24) is 0 Å². The fraction of sp³-hybridized carbons (Fsp3) is 0.286. The number of benzene rings is 1. The van der Waals surface area contributed by atoms with Gasteiger partial charge in [0, 0.05) is 4.88 Å². The van der Waals surface area contributed by atoms with Crippen molar-refractivity contribution in [3.8, 4) is 11.5 Å². The molecule has 0 radical (unpaired) electrons. The summed E-state index contributed by atoms with van der Waals surface area (Å²) in [6, 6.07) is 9.92. The number of methoxy groups -OCH3 is 1. The van der Waals surface area contributed by atoms with Crippen molar-refractivity contribution in [2.45, 2.75) is 13.0 Å². The van der Waals surface area contributed by atoms with Crippen molar-refractivity contribution in [3.63, 3.8) is 0 Å². The maximum atomic E-state index is 5.83. The highest BCUT2D eigenvalue weighted by atomic mass is 32.1. The Morgan fingerprint density at radius 2 is 2.17 bits per heavy atom. The molecule has 1 aromatic heterocycles. The fourth-order valence-electron chi connectivity index (χ4n) is 1.72. The molecule has 4 heteroatoms. The van der Waals surface area contributed by atoms with Gasteiger partial charge >= 0.3 is 0 Å². The molecule has 2 rings (SSSR count). The second kappa shape index (κ2) is 6.42. The molecule has 1 heterocycles. The molecular formula is C14H17NO2S. The minimum Gasteiger partial charge on any atom is -0.497 e. The van der Waals surface area contributed by atoms with E-state index < -0.39 is 0 Å². The third kappa shape index (κ3) is 3.24.